The van der Waals surface area contributed by atoms with E-state index in [1.54, 1.807) is 18.5 Å². The van der Waals surface area contributed by atoms with Crippen molar-refractivity contribution in [3.05, 3.63) is 78.9 Å². The number of nitrogens with one attached hydrogen (secondary N) is 2. The van der Waals surface area contributed by atoms with E-state index in [0.29, 0.717) is 11.6 Å². The fourth-order valence-electron chi connectivity index (χ4n) is 4.28. The molecule has 1 aliphatic rings. The summed E-state index contributed by atoms with van der Waals surface area (Å²) in [7, 11) is 2.13. The topological polar surface area (TPSA) is 86.3 Å². The van der Waals surface area contributed by atoms with Crippen LogP contribution in [0.4, 0.5) is 27.5 Å². The zero-order valence-electron chi connectivity index (χ0n) is 20.8. The molecule has 188 valence electrons. The first-order chi connectivity index (χ1) is 17.9. The number of anilines is 4. The van der Waals surface area contributed by atoms with Crippen LogP contribution in [-0.2, 0) is 4.79 Å². The fraction of sp³-hybridized carbons (Fsp3) is 0.214. The number of halogens is 1. The molecule has 1 saturated heterocycles. The van der Waals surface area contributed by atoms with Gasteiger partial charge in [-0.05, 0) is 43.8 Å². The summed E-state index contributed by atoms with van der Waals surface area (Å²) in [5, 5.41) is 6.84. The van der Waals surface area contributed by atoms with Crippen LogP contribution in [0.5, 0.6) is 0 Å². The Hall–Kier alpha value is -4.37. The summed E-state index contributed by atoms with van der Waals surface area (Å²) in [6, 6.07) is 17.2. The van der Waals surface area contributed by atoms with E-state index in [0.717, 1.165) is 65.8 Å². The van der Waals surface area contributed by atoms with Gasteiger partial charge in [-0.3, -0.25) is 4.79 Å². The number of para-hydroxylation sites is 1. The van der Waals surface area contributed by atoms with Crippen LogP contribution in [0.25, 0.3) is 22.0 Å². The van der Waals surface area contributed by atoms with Gasteiger partial charge in [0.2, 0.25) is 5.95 Å². The molecule has 0 aliphatic carbocycles. The number of likely N-dealkylation sites (N-methyl/N-ethyl adjacent to an activating group) is 1. The number of aromatic nitrogens is 3. The Labute approximate surface area is 214 Å². The zero-order chi connectivity index (χ0) is 25.8. The molecule has 2 aromatic heterocycles. The molecule has 0 spiro atoms. The van der Waals surface area contributed by atoms with Gasteiger partial charge >= 0.3 is 0 Å². The molecule has 2 aromatic carbocycles. The number of rotatable bonds is 6. The van der Waals surface area contributed by atoms with Crippen LogP contribution in [0.3, 0.4) is 0 Å². The highest BCUT2D eigenvalue weighted by atomic mass is 19.1. The lowest BCUT2D eigenvalue weighted by Gasteiger charge is -2.33. The lowest BCUT2D eigenvalue weighted by molar-refractivity contribution is -0.112. The number of piperazine rings is 1. The highest BCUT2D eigenvalue weighted by molar-refractivity contribution is 6.00. The number of fused-ring (bicyclic) bond motifs is 1. The molecule has 2 N–H and O–H groups in total. The minimum atomic E-state index is -0.552. The summed E-state index contributed by atoms with van der Waals surface area (Å²) in [6.45, 7) is 5.21. The van der Waals surface area contributed by atoms with Crippen molar-refractivity contribution in [3.8, 4) is 11.1 Å². The number of allylic oxidation sites excluding steroid dienone is 1. The van der Waals surface area contributed by atoms with Crippen molar-refractivity contribution < 1.29 is 9.18 Å². The lowest BCUT2D eigenvalue weighted by atomic mass is 10.0. The summed E-state index contributed by atoms with van der Waals surface area (Å²) in [5.74, 6) is 0.353. The maximum Gasteiger partial charge on any atom is 0.250 e. The first-order valence-electron chi connectivity index (χ1n) is 12.1. The molecule has 1 aliphatic heterocycles. The number of pyridine rings is 1. The average Bonchev–Trinajstić information content (AvgIpc) is 2.89. The first kappa shape index (κ1) is 24.3. The summed E-state index contributed by atoms with van der Waals surface area (Å²) in [5.41, 5.74) is 3.89. The van der Waals surface area contributed by atoms with E-state index in [2.05, 4.69) is 37.4 Å². The molecule has 37 heavy (non-hydrogen) atoms. The number of hydrogen-bond donors (Lipinski definition) is 2. The van der Waals surface area contributed by atoms with Gasteiger partial charge in [0, 0.05) is 55.1 Å². The second-order valence-electron chi connectivity index (χ2n) is 9.06. The predicted molar refractivity (Wildman–Crippen MR) is 146 cm³/mol. The molecule has 0 atom stereocenters. The van der Waals surface area contributed by atoms with E-state index in [-0.39, 0.29) is 0 Å². The third-order valence-electron chi connectivity index (χ3n) is 6.21. The number of carbonyl (C=O) groups excluding carboxylic acids is 1. The Bertz CT molecular complexity index is 1440. The lowest BCUT2D eigenvalue weighted by Crippen LogP contribution is -2.44. The first-order valence-corrected chi connectivity index (χ1v) is 12.1. The molecule has 9 heteroatoms. The van der Waals surface area contributed by atoms with Crippen molar-refractivity contribution >= 4 is 40.0 Å². The number of nitrogens with zero attached hydrogens (tertiary/aromatic N) is 5. The number of hydrogen-bond acceptors (Lipinski definition) is 7. The van der Waals surface area contributed by atoms with Gasteiger partial charge in [0.15, 0.2) is 0 Å². The molecular formula is C28H28FN7O. The Balaban J connectivity index is 1.38. The van der Waals surface area contributed by atoms with Crippen LogP contribution < -0.4 is 15.5 Å². The third-order valence-corrected chi connectivity index (χ3v) is 6.21. The van der Waals surface area contributed by atoms with Crippen LogP contribution in [0.15, 0.2) is 78.9 Å². The standard InChI is InChI=1S/C28H28FN7O/c1-19(29)15-26(37)32-22-7-3-5-20(16-22)24-8-4-6-21-17-31-28(34-27(21)24)33-23-9-10-25(30-18-23)36-13-11-35(2)12-14-36/h3-10,15-18H,11-14H2,1-2H3,(H,32,37)(H,31,33,34). The maximum absolute atomic E-state index is 13.1. The highest BCUT2D eigenvalue weighted by Crippen LogP contribution is 2.30. The van der Waals surface area contributed by atoms with Crippen LogP contribution in [0.2, 0.25) is 0 Å². The van der Waals surface area contributed by atoms with Crippen molar-refractivity contribution in [2.45, 2.75) is 6.92 Å². The molecular weight excluding hydrogens is 469 g/mol. The average molecular weight is 498 g/mol. The normalized spacial score (nSPS) is 14.6. The Morgan fingerprint density at radius 2 is 1.78 bits per heavy atom. The second-order valence-corrected chi connectivity index (χ2v) is 9.06. The molecule has 3 heterocycles. The molecule has 0 radical (unpaired) electrons. The molecule has 5 rings (SSSR count). The van der Waals surface area contributed by atoms with Gasteiger partial charge in [-0.15, -0.1) is 0 Å². The number of carbonyl (C=O) groups is 1. The summed E-state index contributed by atoms with van der Waals surface area (Å²) >= 11 is 0. The van der Waals surface area contributed by atoms with Crippen LogP contribution >= 0.6 is 0 Å². The van der Waals surface area contributed by atoms with Gasteiger partial charge in [0.05, 0.1) is 17.4 Å². The predicted octanol–water partition coefficient (Wildman–Crippen LogP) is 5.00. The number of amides is 1. The zero-order valence-corrected chi connectivity index (χ0v) is 20.8. The summed E-state index contributed by atoms with van der Waals surface area (Å²) in [4.78, 5) is 30.5. The van der Waals surface area contributed by atoms with Gasteiger partial charge in [0.1, 0.15) is 11.6 Å². The van der Waals surface area contributed by atoms with Crippen LogP contribution in [-0.4, -0.2) is 59.0 Å². The van der Waals surface area contributed by atoms with E-state index in [1.165, 1.54) is 6.92 Å². The summed E-state index contributed by atoms with van der Waals surface area (Å²) in [6.07, 6.45) is 4.50. The van der Waals surface area contributed by atoms with Crippen LogP contribution in [0.1, 0.15) is 6.92 Å². The number of benzene rings is 2. The maximum atomic E-state index is 13.1. The van der Waals surface area contributed by atoms with E-state index < -0.39 is 11.7 Å². The highest BCUT2D eigenvalue weighted by Gasteiger charge is 2.15. The van der Waals surface area contributed by atoms with Crippen molar-refractivity contribution in [2.24, 2.45) is 0 Å². The minimum Gasteiger partial charge on any atom is -0.354 e. The quantitative estimate of drug-likeness (QED) is 0.363. The minimum absolute atomic E-state index is 0.460. The van der Waals surface area contributed by atoms with Gasteiger partial charge in [-0.25, -0.2) is 19.3 Å². The molecule has 1 fully saturated rings. The molecule has 0 saturated carbocycles. The van der Waals surface area contributed by atoms with Crippen molar-refractivity contribution in [1.82, 2.24) is 19.9 Å². The van der Waals surface area contributed by atoms with Crippen molar-refractivity contribution in [3.63, 3.8) is 0 Å². The molecule has 1 amide bonds. The largest absolute Gasteiger partial charge is 0.354 e. The van der Waals surface area contributed by atoms with Gasteiger partial charge in [0.25, 0.3) is 5.91 Å². The van der Waals surface area contributed by atoms with E-state index in [9.17, 15) is 9.18 Å². The second kappa shape index (κ2) is 10.7. The molecule has 0 unspecified atom stereocenters. The van der Waals surface area contributed by atoms with Gasteiger partial charge in [-0.2, -0.15) is 0 Å². The Kier molecular flexibility index (Phi) is 7.04. The fourth-order valence-corrected chi connectivity index (χ4v) is 4.28. The van der Waals surface area contributed by atoms with Gasteiger partial charge in [-0.1, -0.05) is 30.3 Å². The van der Waals surface area contributed by atoms with E-state index >= 15 is 0 Å². The van der Waals surface area contributed by atoms with Crippen molar-refractivity contribution in [2.75, 3.05) is 48.8 Å². The smallest absolute Gasteiger partial charge is 0.250 e. The van der Waals surface area contributed by atoms with Crippen molar-refractivity contribution in [1.29, 1.82) is 0 Å². The van der Waals surface area contributed by atoms with Crippen LogP contribution in [0, 0.1) is 0 Å². The SMILES string of the molecule is CC(F)=CC(=O)Nc1cccc(-c2cccc3cnc(Nc4ccc(N5CCN(C)CC5)nc4)nc23)c1. The third kappa shape index (κ3) is 5.90. The summed E-state index contributed by atoms with van der Waals surface area (Å²) < 4.78 is 13.1. The Morgan fingerprint density at radius 1 is 0.973 bits per heavy atom. The molecule has 0 bridgehead atoms. The van der Waals surface area contributed by atoms with E-state index in [1.807, 2.05) is 48.5 Å². The molecule has 8 nitrogen and oxygen atoms in total. The monoisotopic (exact) mass is 497 g/mol. The van der Waals surface area contributed by atoms with Gasteiger partial charge < -0.3 is 20.4 Å². The van der Waals surface area contributed by atoms with E-state index in [4.69, 9.17) is 4.98 Å². The Morgan fingerprint density at radius 3 is 2.54 bits per heavy atom. The molecule has 4 aromatic rings.